The van der Waals surface area contributed by atoms with Crippen molar-refractivity contribution in [1.82, 2.24) is 9.88 Å². The van der Waals surface area contributed by atoms with Crippen LogP contribution >= 0.6 is 0 Å². The van der Waals surface area contributed by atoms with E-state index < -0.39 is 0 Å². The monoisotopic (exact) mass is 355 g/mol. The fourth-order valence-corrected chi connectivity index (χ4v) is 2.86. The maximum absolute atomic E-state index is 12.6. The fraction of sp³-hybridized carbons (Fsp3) is 0.350. The van der Waals surface area contributed by atoms with Crippen molar-refractivity contribution >= 4 is 17.6 Å². The summed E-state index contributed by atoms with van der Waals surface area (Å²) in [6.45, 7) is 6.50. The molecule has 2 aromatic rings. The molecule has 0 fully saturated rings. The van der Waals surface area contributed by atoms with Crippen molar-refractivity contribution < 1.29 is 14.3 Å². The van der Waals surface area contributed by atoms with Gasteiger partial charge in [-0.2, -0.15) is 0 Å². The van der Waals surface area contributed by atoms with Crippen LogP contribution in [0.15, 0.2) is 30.3 Å². The zero-order valence-electron chi connectivity index (χ0n) is 15.9. The zero-order valence-corrected chi connectivity index (χ0v) is 15.9. The highest BCUT2D eigenvalue weighted by molar-refractivity contribution is 6.05. The van der Waals surface area contributed by atoms with Crippen molar-refractivity contribution in [1.29, 1.82) is 0 Å². The molecule has 0 atom stereocenters. The molecule has 0 saturated carbocycles. The number of likely N-dealkylation sites (N-methyl/N-ethyl adjacent to an activating group) is 1. The number of rotatable bonds is 6. The standard InChI is InChI=1S/C20H25N3O3/c1-13-9-14(2)21-15(3)19(13)22-20(25)17-8-6-7-16(10-17)11-23(4)12-18(24)26-5/h6-10H,11-12H2,1-5H3,(H,22,25). The Hall–Kier alpha value is -2.73. The van der Waals surface area contributed by atoms with Gasteiger partial charge in [0, 0.05) is 17.8 Å². The predicted molar refractivity (Wildman–Crippen MR) is 101 cm³/mol. The molecule has 0 radical (unpaired) electrons. The molecule has 26 heavy (non-hydrogen) atoms. The minimum atomic E-state index is -0.292. The minimum Gasteiger partial charge on any atom is -0.468 e. The maximum atomic E-state index is 12.6. The Labute approximate surface area is 154 Å². The molecule has 0 aliphatic heterocycles. The first-order valence-corrected chi connectivity index (χ1v) is 8.40. The second-order valence-corrected chi connectivity index (χ2v) is 6.44. The number of hydrogen-bond acceptors (Lipinski definition) is 5. The van der Waals surface area contributed by atoms with Crippen molar-refractivity contribution in [3.05, 3.63) is 58.4 Å². The van der Waals surface area contributed by atoms with Crippen LogP contribution < -0.4 is 5.32 Å². The molecule has 6 heteroatoms. The van der Waals surface area contributed by atoms with Gasteiger partial charge >= 0.3 is 5.97 Å². The lowest BCUT2D eigenvalue weighted by Gasteiger charge is -2.16. The molecule has 2 rings (SSSR count). The van der Waals surface area contributed by atoms with E-state index in [1.807, 2.05) is 57.0 Å². The van der Waals surface area contributed by atoms with Crippen molar-refractivity contribution in [3.63, 3.8) is 0 Å². The van der Waals surface area contributed by atoms with Crippen molar-refractivity contribution in [3.8, 4) is 0 Å². The Morgan fingerprint density at radius 2 is 1.92 bits per heavy atom. The van der Waals surface area contributed by atoms with Crippen LogP contribution in [-0.2, 0) is 16.1 Å². The van der Waals surface area contributed by atoms with Gasteiger partial charge in [0.1, 0.15) is 0 Å². The van der Waals surface area contributed by atoms with Gasteiger partial charge in [-0.05, 0) is 57.1 Å². The molecule has 138 valence electrons. The van der Waals surface area contributed by atoms with E-state index >= 15 is 0 Å². The number of carbonyl (C=O) groups is 2. The van der Waals surface area contributed by atoms with Gasteiger partial charge in [-0.1, -0.05) is 12.1 Å². The number of amides is 1. The second-order valence-electron chi connectivity index (χ2n) is 6.44. The third-order valence-corrected chi connectivity index (χ3v) is 4.03. The molecule has 1 N–H and O–H groups in total. The summed E-state index contributed by atoms with van der Waals surface area (Å²) >= 11 is 0. The van der Waals surface area contributed by atoms with Crippen LogP contribution in [0, 0.1) is 20.8 Å². The average molecular weight is 355 g/mol. The number of benzene rings is 1. The minimum absolute atomic E-state index is 0.181. The highest BCUT2D eigenvalue weighted by Gasteiger charge is 2.13. The maximum Gasteiger partial charge on any atom is 0.319 e. The SMILES string of the molecule is COC(=O)CN(C)Cc1cccc(C(=O)Nc2c(C)cc(C)nc2C)c1. The third kappa shape index (κ3) is 5.13. The topological polar surface area (TPSA) is 71.5 Å². The van der Waals surface area contributed by atoms with Crippen molar-refractivity contribution in [2.75, 3.05) is 26.0 Å². The number of nitrogens with one attached hydrogen (secondary N) is 1. The Morgan fingerprint density at radius 1 is 1.19 bits per heavy atom. The molecule has 1 heterocycles. The summed E-state index contributed by atoms with van der Waals surface area (Å²) in [4.78, 5) is 30.2. The first-order chi connectivity index (χ1) is 12.3. The van der Waals surface area contributed by atoms with E-state index in [9.17, 15) is 9.59 Å². The summed E-state index contributed by atoms with van der Waals surface area (Å²) in [7, 11) is 3.19. The number of esters is 1. The van der Waals surface area contributed by atoms with Crippen molar-refractivity contribution in [2.45, 2.75) is 27.3 Å². The number of hydrogen-bond donors (Lipinski definition) is 1. The highest BCUT2D eigenvalue weighted by atomic mass is 16.5. The van der Waals surface area contributed by atoms with Crippen LogP contribution in [0.1, 0.15) is 32.9 Å². The van der Waals surface area contributed by atoms with Crippen LogP contribution in [0.4, 0.5) is 5.69 Å². The Balaban J connectivity index is 2.12. The van der Waals surface area contributed by atoms with Crippen LogP contribution in [-0.4, -0.2) is 42.5 Å². The van der Waals surface area contributed by atoms with E-state index in [2.05, 4.69) is 15.0 Å². The summed E-state index contributed by atoms with van der Waals surface area (Å²) in [5.74, 6) is -0.474. The zero-order chi connectivity index (χ0) is 19.3. The van der Waals surface area contributed by atoms with Gasteiger partial charge in [0.2, 0.25) is 0 Å². The third-order valence-electron chi connectivity index (χ3n) is 4.03. The van der Waals surface area contributed by atoms with Crippen molar-refractivity contribution in [2.24, 2.45) is 0 Å². The molecule has 6 nitrogen and oxygen atoms in total. The molecule has 0 spiro atoms. The largest absolute Gasteiger partial charge is 0.468 e. The number of aryl methyl sites for hydroxylation is 3. The number of nitrogens with zero attached hydrogens (tertiary/aromatic N) is 2. The predicted octanol–water partition coefficient (Wildman–Crippen LogP) is 2.86. The summed E-state index contributed by atoms with van der Waals surface area (Å²) in [5.41, 5.74) is 4.96. The molecular weight excluding hydrogens is 330 g/mol. The van der Waals surface area contributed by atoms with E-state index in [1.165, 1.54) is 7.11 Å². The number of carbonyl (C=O) groups excluding carboxylic acids is 2. The van der Waals surface area contributed by atoms with Gasteiger partial charge in [0.15, 0.2) is 0 Å². The summed E-state index contributed by atoms with van der Waals surface area (Å²) < 4.78 is 4.67. The van der Waals surface area contributed by atoms with E-state index in [-0.39, 0.29) is 18.4 Å². The number of aromatic nitrogens is 1. The molecule has 0 unspecified atom stereocenters. The van der Waals surface area contributed by atoms with Crippen LogP contribution in [0.2, 0.25) is 0 Å². The smallest absolute Gasteiger partial charge is 0.319 e. The van der Waals surface area contributed by atoms with Gasteiger partial charge in [0.05, 0.1) is 25.0 Å². The van der Waals surface area contributed by atoms with E-state index in [1.54, 1.807) is 6.07 Å². The number of ether oxygens (including phenoxy) is 1. The van der Waals surface area contributed by atoms with Gasteiger partial charge in [-0.15, -0.1) is 0 Å². The normalized spacial score (nSPS) is 10.7. The lowest BCUT2D eigenvalue weighted by atomic mass is 10.1. The lowest BCUT2D eigenvalue weighted by Crippen LogP contribution is -2.26. The van der Waals surface area contributed by atoms with Gasteiger partial charge in [0.25, 0.3) is 5.91 Å². The average Bonchev–Trinajstić information content (AvgIpc) is 2.57. The van der Waals surface area contributed by atoms with Crippen LogP contribution in [0.3, 0.4) is 0 Å². The molecule has 0 bridgehead atoms. The molecule has 0 aliphatic carbocycles. The van der Waals surface area contributed by atoms with Gasteiger partial charge in [-0.25, -0.2) is 0 Å². The summed E-state index contributed by atoms with van der Waals surface area (Å²) in [5, 5.41) is 2.95. The summed E-state index contributed by atoms with van der Waals surface area (Å²) in [6.07, 6.45) is 0. The van der Waals surface area contributed by atoms with Crippen LogP contribution in [0.25, 0.3) is 0 Å². The Morgan fingerprint density at radius 3 is 2.58 bits per heavy atom. The molecule has 0 aliphatic rings. The number of pyridine rings is 1. The first-order valence-electron chi connectivity index (χ1n) is 8.40. The Bertz CT molecular complexity index is 795. The number of methoxy groups -OCH3 is 1. The Kier molecular flexibility index (Phi) is 6.46. The quantitative estimate of drug-likeness (QED) is 0.807. The second kappa shape index (κ2) is 8.58. The summed E-state index contributed by atoms with van der Waals surface area (Å²) in [6, 6.07) is 9.31. The lowest BCUT2D eigenvalue weighted by molar-refractivity contribution is -0.141. The molecular formula is C20H25N3O3. The highest BCUT2D eigenvalue weighted by Crippen LogP contribution is 2.20. The number of anilines is 1. The van der Waals surface area contributed by atoms with E-state index in [0.29, 0.717) is 12.1 Å². The van der Waals surface area contributed by atoms with Crippen LogP contribution in [0.5, 0.6) is 0 Å². The van der Waals surface area contributed by atoms with E-state index in [4.69, 9.17) is 0 Å². The molecule has 1 aromatic carbocycles. The molecule has 0 saturated heterocycles. The van der Waals surface area contributed by atoms with E-state index in [0.717, 1.165) is 28.2 Å². The van der Waals surface area contributed by atoms with Gasteiger partial charge < -0.3 is 10.1 Å². The molecule has 1 aromatic heterocycles. The van der Waals surface area contributed by atoms with Gasteiger partial charge in [-0.3, -0.25) is 19.5 Å². The molecule has 1 amide bonds. The fourth-order valence-electron chi connectivity index (χ4n) is 2.86. The first kappa shape index (κ1) is 19.6.